The molecule has 1 aromatic carbocycles. The molecule has 0 heterocycles. The van der Waals surface area contributed by atoms with Crippen LogP contribution in [-0.2, 0) is 6.42 Å². The van der Waals surface area contributed by atoms with Crippen molar-refractivity contribution in [2.45, 2.75) is 31.6 Å². The summed E-state index contributed by atoms with van der Waals surface area (Å²) in [5.41, 5.74) is 0.720. The van der Waals surface area contributed by atoms with Gasteiger partial charge in [-0.05, 0) is 36.4 Å². The Morgan fingerprint density at radius 2 is 2.12 bits per heavy atom. The summed E-state index contributed by atoms with van der Waals surface area (Å²) in [4.78, 5) is 0. The largest absolute Gasteiger partial charge is 0.316 e. The second kappa shape index (κ2) is 7.24. The predicted molar refractivity (Wildman–Crippen MR) is 75.6 cm³/mol. The van der Waals surface area contributed by atoms with Gasteiger partial charge in [-0.15, -0.1) is 0 Å². The van der Waals surface area contributed by atoms with Crippen LogP contribution in [0.3, 0.4) is 0 Å². The number of thioether (sulfide) groups is 1. The van der Waals surface area contributed by atoms with Crippen LogP contribution in [0.2, 0.25) is 5.02 Å². The van der Waals surface area contributed by atoms with Crippen molar-refractivity contribution in [1.82, 2.24) is 5.32 Å². The van der Waals surface area contributed by atoms with Crippen LogP contribution in [0.25, 0.3) is 0 Å². The first kappa shape index (κ1) is 14.8. The third-order valence-corrected chi connectivity index (χ3v) is 4.02. The molecular weight excluding hydrogens is 257 g/mol. The van der Waals surface area contributed by atoms with E-state index in [2.05, 4.69) is 19.2 Å². The average molecular weight is 276 g/mol. The van der Waals surface area contributed by atoms with Crippen LogP contribution >= 0.6 is 23.4 Å². The van der Waals surface area contributed by atoms with Crippen LogP contribution in [0.5, 0.6) is 0 Å². The number of hydrogen-bond donors (Lipinski definition) is 1. The Kier molecular flexibility index (Phi) is 6.31. The summed E-state index contributed by atoms with van der Waals surface area (Å²) in [6.07, 6.45) is 0.694. The lowest BCUT2D eigenvalue weighted by atomic mass is 10.1. The fourth-order valence-electron chi connectivity index (χ4n) is 1.51. The van der Waals surface area contributed by atoms with Gasteiger partial charge < -0.3 is 5.32 Å². The molecule has 1 rings (SSSR count). The van der Waals surface area contributed by atoms with Crippen molar-refractivity contribution in [2.75, 3.05) is 12.8 Å². The molecule has 1 nitrogen and oxygen atoms in total. The number of benzene rings is 1. The Morgan fingerprint density at radius 3 is 2.65 bits per heavy atom. The van der Waals surface area contributed by atoms with Gasteiger partial charge in [0.1, 0.15) is 5.82 Å². The highest BCUT2D eigenvalue weighted by molar-refractivity contribution is 7.99. The number of hydrogen-bond acceptors (Lipinski definition) is 2. The van der Waals surface area contributed by atoms with Gasteiger partial charge in [0.2, 0.25) is 0 Å². The highest BCUT2D eigenvalue weighted by Gasteiger charge is 2.11. The standard InChI is InChI=1S/C13H19ClFNS/c1-9(2)17-8-12(16-3)6-10-4-5-11(14)7-13(10)15/h4-5,7,9,12,16H,6,8H2,1-3H3. The zero-order valence-corrected chi connectivity index (χ0v) is 12.0. The molecule has 0 aliphatic rings. The summed E-state index contributed by atoms with van der Waals surface area (Å²) < 4.78 is 13.6. The van der Waals surface area contributed by atoms with Gasteiger partial charge in [0.05, 0.1) is 0 Å². The Labute approximate surface area is 112 Å². The van der Waals surface area contributed by atoms with E-state index in [1.807, 2.05) is 18.8 Å². The first-order chi connectivity index (χ1) is 8.02. The quantitative estimate of drug-likeness (QED) is 0.849. The summed E-state index contributed by atoms with van der Waals surface area (Å²) in [5.74, 6) is 0.767. The number of rotatable bonds is 6. The molecule has 4 heteroatoms. The maximum absolute atomic E-state index is 13.6. The third-order valence-electron chi connectivity index (χ3n) is 2.52. The van der Waals surface area contributed by atoms with E-state index in [0.29, 0.717) is 16.7 Å². The van der Waals surface area contributed by atoms with E-state index in [1.165, 1.54) is 6.07 Å². The van der Waals surface area contributed by atoms with E-state index >= 15 is 0 Å². The van der Waals surface area contributed by atoms with Crippen LogP contribution in [0.4, 0.5) is 4.39 Å². The van der Waals surface area contributed by atoms with Gasteiger partial charge in [0, 0.05) is 16.8 Å². The molecule has 1 unspecified atom stereocenters. The molecule has 0 saturated carbocycles. The monoisotopic (exact) mass is 275 g/mol. The minimum atomic E-state index is -0.215. The van der Waals surface area contributed by atoms with Crippen molar-refractivity contribution in [3.8, 4) is 0 Å². The summed E-state index contributed by atoms with van der Waals surface area (Å²) in [5, 5.41) is 4.27. The van der Waals surface area contributed by atoms with Gasteiger partial charge in [-0.3, -0.25) is 0 Å². The molecule has 0 aliphatic carbocycles. The van der Waals surface area contributed by atoms with Crippen LogP contribution in [-0.4, -0.2) is 24.1 Å². The van der Waals surface area contributed by atoms with Gasteiger partial charge in [0.25, 0.3) is 0 Å². The zero-order valence-electron chi connectivity index (χ0n) is 10.5. The summed E-state index contributed by atoms with van der Waals surface area (Å²) in [6, 6.07) is 5.17. The van der Waals surface area contributed by atoms with E-state index < -0.39 is 0 Å². The van der Waals surface area contributed by atoms with Crippen molar-refractivity contribution < 1.29 is 4.39 Å². The normalized spacial score (nSPS) is 13.1. The van der Waals surface area contributed by atoms with E-state index in [0.717, 1.165) is 11.3 Å². The molecule has 0 bridgehead atoms. The van der Waals surface area contributed by atoms with E-state index in [4.69, 9.17) is 11.6 Å². The Hall–Kier alpha value is -0.250. The van der Waals surface area contributed by atoms with Crippen LogP contribution in [0.15, 0.2) is 18.2 Å². The van der Waals surface area contributed by atoms with Crippen molar-refractivity contribution in [3.63, 3.8) is 0 Å². The molecule has 0 fully saturated rings. The first-order valence-corrected chi connectivity index (χ1v) is 7.18. The Morgan fingerprint density at radius 1 is 1.41 bits per heavy atom. The minimum Gasteiger partial charge on any atom is -0.316 e. The number of likely N-dealkylation sites (N-methyl/N-ethyl adjacent to an activating group) is 1. The predicted octanol–water partition coefficient (Wildman–Crippen LogP) is 3.75. The maximum Gasteiger partial charge on any atom is 0.127 e. The lowest BCUT2D eigenvalue weighted by Crippen LogP contribution is -2.30. The summed E-state index contributed by atoms with van der Waals surface area (Å²) >= 11 is 7.61. The maximum atomic E-state index is 13.6. The number of halogens is 2. The molecule has 0 spiro atoms. The van der Waals surface area contributed by atoms with Gasteiger partial charge in [-0.1, -0.05) is 31.5 Å². The minimum absolute atomic E-state index is 0.215. The molecule has 96 valence electrons. The molecular formula is C13H19ClFNS. The van der Waals surface area contributed by atoms with Crippen LogP contribution < -0.4 is 5.32 Å². The Bertz CT molecular complexity index is 357. The topological polar surface area (TPSA) is 12.0 Å². The molecule has 0 aliphatic heterocycles. The van der Waals surface area contributed by atoms with Gasteiger partial charge in [-0.25, -0.2) is 4.39 Å². The summed E-state index contributed by atoms with van der Waals surface area (Å²) in [6.45, 7) is 4.33. The van der Waals surface area contributed by atoms with E-state index in [9.17, 15) is 4.39 Å². The van der Waals surface area contributed by atoms with E-state index in [-0.39, 0.29) is 11.9 Å². The molecule has 17 heavy (non-hydrogen) atoms. The SMILES string of the molecule is CNC(CSC(C)C)Cc1ccc(Cl)cc1F. The lowest BCUT2D eigenvalue weighted by Gasteiger charge is -2.17. The fourth-order valence-corrected chi connectivity index (χ4v) is 2.57. The highest BCUT2D eigenvalue weighted by atomic mass is 35.5. The molecule has 1 aromatic rings. The van der Waals surface area contributed by atoms with Crippen molar-refractivity contribution >= 4 is 23.4 Å². The van der Waals surface area contributed by atoms with Crippen LogP contribution in [0, 0.1) is 5.82 Å². The molecule has 0 aromatic heterocycles. The van der Waals surface area contributed by atoms with Crippen molar-refractivity contribution in [2.24, 2.45) is 0 Å². The van der Waals surface area contributed by atoms with Gasteiger partial charge in [-0.2, -0.15) is 11.8 Å². The lowest BCUT2D eigenvalue weighted by molar-refractivity contribution is 0.568. The summed E-state index contributed by atoms with van der Waals surface area (Å²) in [7, 11) is 1.92. The highest BCUT2D eigenvalue weighted by Crippen LogP contribution is 2.18. The van der Waals surface area contributed by atoms with Crippen molar-refractivity contribution in [3.05, 3.63) is 34.6 Å². The Balaban J connectivity index is 2.60. The molecule has 0 saturated heterocycles. The van der Waals surface area contributed by atoms with Crippen molar-refractivity contribution in [1.29, 1.82) is 0 Å². The smallest absolute Gasteiger partial charge is 0.127 e. The number of nitrogens with one attached hydrogen (secondary N) is 1. The van der Waals surface area contributed by atoms with Gasteiger partial charge >= 0.3 is 0 Å². The van der Waals surface area contributed by atoms with E-state index in [1.54, 1.807) is 12.1 Å². The second-order valence-corrected chi connectivity index (χ2v) is 6.35. The average Bonchev–Trinajstić information content (AvgIpc) is 2.26. The van der Waals surface area contributed by atoms with Gasteiger partial charge in [0.15, 0.2) is 0 Å². The second-order valence-electron chi connectivity index (χ2n) is 4.31. The third kappa shape index (κ3) is 5.28. The molecule has 1 N–H and O–H groups in total. The molecule has 0 radical (unpaired) electrons. The first-order valence-electron chi connectivity index (χ1n) is 5.75. The van der Waals surface area contributed by atoms with Crippen LogP contribution in [0.1, 0.15) is 19.4 Å². The molecule has 1 atom stereocenters. The fraction of sp³-hybridized carbons (Fsp3) is 0.538. The molecule has 0 amide bonds. The zero-order chi connectivity index (χ0) is 12.8.